The lowest BCUT2D eigenvalue weighted by molar-refractivity contribution is 0.0993. The second-order valence-electron chi connectivity index (χ2n) is 5.76. The summed E-state index contributed by atoms with van der Waals surface area (Å²) in [7, 11) is 0. The Kier molecular flexibility index (Phi) is 4.84. The number of nitriles is 1. The molecule has 0 unspecified atom stereocenters. The number of thiophene rings is 1. The number of ketones is 1. The molecule has 1 saturated heterocycles. The number of carbonyl (C=O) groups excluding carboxylic acids is 1. The summed E-state index contributed by atoms with van der Waals surface area (Å²) >= 11 is 3.34. The van der Waals surface area contributed by atoms with Crippen molar-refractivity contribution in [1.82, 2.24) is 0 Å². The summed E-state index contributed by atoms with van der Waals surface area (Å²) in [5, 5.41) is 10.3. The Bertz CT molecular complexity index is 586. The molecule has 6 heteroatoms. The Morgan fingerprint density at radius 1 is 1.48 bits per heavy atom. The van der Waals surface area contributed by atoms with Crippen LogP contribution in [0.4, 0.5) is 10.7 Å². The number of hydrogen-bond donors (Lipinski definition) is 1. The summed E-state index contributed by atoms with van der Waals surface area (Å²) in [6.45, 7) is 8.11. The summed E-state index contributed by atoms with van der Waals surface area (Å²) in [5.74, 6) is 1.04. The molecule has 0 aliphatic carbocycles. The van der Waals surface area contributed by atoms with Crippen LogP contribution >= 0.6 is 23.1 Å². The van der Waals surface area contributed by atoms with Crippen molar-refractivity contribution in [2.24, 2.45) is 0 Å². The second-order valence-corrected chi connectivity index (χ2v) is 8.56. The van der Waals surface area contributed by atoms with Gasteiger partial charge in [0, 0.05) is 30.0 Å². The van der Waals surface area contributed by atoms with Crippen molar-refractivity contribution in [3.8, 4) is 6.07 Å². The number of carbonyl (C=O) groups is 1. The van der Waals surface area contributed by atoms with Gasteiger partial charge in [0.05, 0.1) is 10.6 Å². The normalized spacial score (nSPS) is 18.1. The second kappa shape index (κ2) is 6.29. The van der Waals surface area contributed by atoms with Crippen molar-refractivity contribution in [2.45, 2.75) is 38.4 Å². The predicted molar refractivity (Wildman–Crippen MR) is 91.4 cm³/mol. The molecule has 0 aromatic carbocycles. The van der Waals surface area contributed by atoms with Crippen LogP contribution in [0.5, 0.6) is 0 Å². The molecular weight excluding hydrogens is 302 g/mol. The van der Waals surface area contributed by atoms with Gasteiger partial charge in [0.25, 0.3) is 0 Å². The van der Waals surface area contributed by atoms with Crippen LogP contribution in [0.1, 0.15) is 48.8 Å². The van der Waals surface area contributed by atoms with Crippen LogP contribution in [-0.4, -0.2) is 29.4 Å². The van der Waals surface area contributed by atoms with Gasteiger partial charge in [-0.25, -0.2) is 0 Å². The number of nitrogens with two attached hydrogens (primary N) is 1. The highest BCUT2D eigenvalue weighted by molar-refractivity contribution is 8.00. The number of rotatable bonds is 3. The fourth-order valence-corrected chi connectivity index (χ4v) is 4.69. The molecule has 1 aliphatic heterocycles. The van der Waals surface area contributed by atoms with E-state index in [9.17, 15) is 10.1 Å². The predicted octanol–water partition coefficient (Wildman–Crippen LogP) is 3.52. The number of nitrogen functional groups attached to an aromatic ring is 1. The molecule has 1 aliphatic rings. The number of hydrogen-bond acceptors (Lipinski definition) is 6. The molecule has 21 heavy (non-hydrogen) atoms. The van der Waals surface area contributed by atoms with Gasteiger partial charge in [-0.2, -0.15) is 17.0 Å². The van der Waals surface area contributed by atoms with Crippen molar-refractivity contribution in [3.63, 3.8) is 0 Å². The summed E-state index contributed by atoms with van der Waals surface area (Å²) in [5.41, 5.74) is 6.86. The Morgan fingerprint density at radius 3 is 2.81 bits per heavy atom. The molecule has 1 fully saturated rings. The van der Waals surface area contributed by atoms with Crippen LogP contribution in [0.25, 0.3) is 0 Å². The Balaban J connectivity index is 2.35. The maximum atomic E-state index is 12.0. The van der Waals surface area contributed by atoms with Crippen LogP contribution in [-0.2, 0) is 0 Å². The minimum Gasteiger partial charge on any atom is -0.396 e. The molecule has 0 amide bonds. The Hall–Kier alpha value is -1.19. The maximum Gasteiger partial charge on any atom is 0.174 e. The minimum absolute atomic E-state index is 0.0183. The van der Waals surface area contributed by atoms with E-state index in [0.717, 1.165) is 30.3 Å². The zero-order chi connectivity index (χ0) is 15.6. The van der Waals surface area contributed by atoms with Crippen LogP contribution in [0.15, 0.2) is 0 Å². The Morgan fingerprint density at radius 2 is 2.19 bits per heavy atom. The highest BCUT2D eigenvalue weighted by atomic mass is 32.2. The fraction of sp³-hybridized carbons (Fsp3) is 0.600. The average molecular weight is 323 g/mol. The first-order chi connectivity index (χ1) is 9.89. The van der Waals surface area contributed by atoms with Gasteiger partial charge >= 0.3 is 0 Å². The third kappa shape index (κ3) is 3.35. The summed E-state index contributed by atoms with van der Waals surface area (Å²) in [6.07, 6.45) is 1.47. The van der Waals surface area contributed by atoms with E-state index in [1.165, 1.54) is 11.3 Å². The Labute approximate surface area is 134 Å². The van der Waals surface area contributed by atoms with E-state index < -0.39 is 0 Å². The van der Waals surface area contributed by atoms with E-state index in [2.05, 4.69) is 24.8 Å². The zero-order valence-corrected chi connectivity index (χ0v) is 14.4. The highest BCUT2D eigenvalue weighted by Crippen LogP contribution is 2.40. The number of anilines is 2. The van der Waals surface area contributed by atoms with Crippen LogP contribution in [0, 0.1) is 11.3 Å². The van der Waals surface area contributed by atoms with Gasteiger partial charge in [0.2, 0.25) is 0 Å². The lowest BCUT2D eigenvalue weighted by Gasteiger charge is -2.23. The lowest BCUT2D eigenvalue weighted by atomic mass is 10.1. The molecule has 2 N–H and O–H groups in total. The third-order valence-corrected chi connectivity index (χ3v) is 6.42. The van der Waals surface area contributed by atoms with Crippen molar-refractivity contribution in [3.05, 3.63) is 10.4 Å². The average Bonchev–Trinajstić information content (AvgIpc) is 2.66. The van der Waals surface area contributed by atoms with Crippen LogP contribution < -0.4 is 10.6 Å². The van der Waals surface area contributed by atoms with Gasteiger partial charge in [-0.1, -0.05) is 20.8 Å². The van der Waals surface area contributed by atoms with Gasteiger partial charge in [0.15, 0.2) is 5.78 Å². The first-order valence-corrected chi connectivity index (χ1v) is 8.94. The minimum atomic E-state index is 0.0183. The topological polar surface area (TPSA) is 70.1 Å². The third-order valence-electron chi connectivity index (χ3n) is 3.74. The molecular formula is C15H21N3OS2. The van der Waals surface area contributed by atoms with Gasteiger partial charge in [-0.05, 0) is 6.42 Å². The van der Waals surface area contributed by atoms with Crippen molar-refractivity contribution in [1.29, 1.82) is 5.26 Å². The molecule has 0 radical (unpaired) electrons. The standard InChI is InChI=1S/C15H21N3OS2/c1-4-11(19)13-12(17)10(9-16)14(21-13)18-6-5-15(2,3)20-8-7-18/h4-8,17H2,1-3H3. The van der Waals surface area contributed by atoms with Crippen LogP contribution in [0.3, 0.4) is 0 Å². The monoisotopic (exact) mass is 323 g/mol. The molecule has 0 atom stereocenters. The van der Waals surface area contributed by atoms with E-state index in [1.807, 2.05) is 18.7 Å². The highest BCUT2D eigenvalue weighted by Gasteiger charge is 2.28. The van der Waals surface area contributed by atoms with E-state index in [0.29, 0.717) is 22.5 Å². The number of Topliss-reactive ketones (excluding diaryl/α,β-unsaturated/α-hetero) is 1. The zero-order valence-electron chi connectivity index (χ0n) is 12.7. The largest absolute Gasteiger partial charge is 0.396 e. The smallest absolute Gasteiger partial charge is 0.174 e. The maximum absolute atomic E-state index is 12.0. The van der Waals surface area contributed by atoms with Gasteiger partial charge in [-0.15, -0.1) is 11.3 Å². The number of thioether (sulfide) groups is 1. The first kappa shape index (κ1) is 16.2. The molecule has 4 nitrogen and oxygen atoms in total. The molecule has 2 heterocycles. The molecule has 0 bridgehead atoms. The number of nitrogens with zero attached hydrogens (tertiary/aromatic N) is 2. The van der Waals surface area contributed by atoms with Crippen molar-refractivity contribution in [2.75, 3.05) is 29.5 Å². The van der Waals surface area contributed by atoms with E-state index >= 15 is 0 Å². The van der Waals surface area contributed by atoms with E-state index in [4.69, 9.17) is 5.73 Å². The summed E-state index contributed by atoms with van der Waals surface area (Å²) in [4.78, 5) is 14.7. The van der Waals surface area contributed by atoms with Gasteiger partial charge < -0.3 is 10.6 Å². The SMILES string of the molecule is CCC(=O)c1sc(N2CCSC(C)(C)CC2)c(C#N)c1N. The summed E-state index contributed by atoms with van der Waals surface area (Å²) < 4.78 is 0.256. The van der Waals surface area contributed by atoms with Crippen molar-refractivity contribution >= 4 is 39.6 Å². The van der Waals surface area contributed by atoms with Gasteiger partial charge in [0.1, 0.15) is 16.6 Å². The van der Waals surface area contributed by atoms with Gasteiger partial charge in [-0.3, -0.25) is 4.79 Å². The van der Waals surface area contributed by atoms with E-state index in [-0.39, 0.29) is 10.5 Å². The molecule has 1 aromatic heterocycles. The molecule has 0 spiro atoms. The first-order valence-electron chi connectivity index (χ1n) is 7.14. The quantitative estimate of drug-likeness (QED) is 0.862. The molecule has 2 rings (SSSR count). The summed E-state index contributed by atoms with van der Waals surface area (Å²) in [6, 6.07) is 2.19. The van der Waals surface area contributed by atoms with Crippen LogP contribution in [0.2, 0.25) is 0 Å². The molecule has 0 saturated carbocycles. The van der Waals surface area contributed by atoms with Crippen molar-refractivity contribution < 1.29 is 4.79 Å². The van der Waals surface area contributed by atoms with E-state index in [1.54, 1.807) is 0 Å². The lowest BCUT2D eigenvalue weighted by Crippen LogP contribution is -2.26. The molecule has 1 aromatic rings. The fourth-order valence-electron chi connectivity index (χ4n) is 2.35. The molecule has 114 valence electrons.